The molecule has 0 aromatic heterocycles. The third-order valence-corrected chi connectivity index (χ3v) is 2.74. The molecule has 0 aliphatic rings. The first kappa shape index (κ1) is 16.0. The Kier molecular flexibility index (Phi) is 6.52. The summed E-state index contributed by atoms with van der Waals surface area (Å²) >= 11 is 0. The van der Waals surface area contributed by atoms with Crippen LogP contribution in [0.4, 0.5) is 4.79 Å². The van der Waals surface area contributed by atoms with E-state index in [1.807, 2.05) is 30.3 Å². The van der Waals surface area contributed by atoms with E-state index in [-0.39, 0.29) is 13.0 Å². The van der Waals surface area contributed by atoms with Crippen LogP contribution in [-0.4, -0.2) is 36.4 Å². The highest BCUT2D eigenvalue weighted by Gasteiger charge is 2.20. The fourth-order valence-electron chi connectivity index (χ4n) is 1.48. The highest BCUT2D eigenvalue weighted by molar-refractivity contribution is 5.70. The molecule has 2 N–H and O–H groups in total. The smallest absolute Gasteiger partial charge is 0.407 e. The second-order valence-corrected chi connectivity index (χ2v) is 4.34. The van der Waals surface area contributed by atoms with E-state index in [2.05, 4.69) is 10.1 Å². The topological polar surface area (TPSA) is 84.9 Å². The van der Waals surface area contributed by atoms with E-state index in [1.54, 1.807) is 6.92 Å². The number of amides is 1. The van der Waals surface area contributed by atoms with E-state index in [9.17, 15) is 14.7 Å². The minimum Gasteiger partial charge on any atom is -0.469 e. The van der Waals surface area contributed by atoms with E-state index in [0.29, 0.717) is 0 Å². The molecule has 0 radical (unpaired) electrons. The Morgan fingerprint density at radius 1 is 1.30 bits per heavy atom. The van der Waals surface area contributed by atoms with E-state index in [1.165, 1.54) is 7.11 Å². The summed E-state index contributed by atoms with van der Waals surface area (Å²) in [5.74, 6) is -0.538. The number of esters is 1. The summed E-state index contributed by atoms with van der Waals surface area (Å²) in [5.41, 5.74) is 0.866. The Hall–Kier alpha value is -2.08. The van der Waals surface area contributed by atoms with Crippen molar-refractivity contribution in [3.8, 4) is 0 Å². The summed E-state index contributed by atoms with van der Waals surface area (Å²) < 4.78 is 9.44. The summed E-state index contributed by atoms with van der Waals surface area (Å²) in [6.07, 6.45) is -1.85. The fraction of sp³-hybridized carbons (Fsp3) is 0.429. The molecule has 6 heteroatoms. The van der Waals surface area contributed by atoms with Crippen molar-refractivity contribution < 1.29 is 24.2 Å². The molecule has 0 saturated heterocycles. The molecule has 0 saturated carbocycles. The zero-order chi connectivity index (χ0) is 15.0. The average Bonchev–Trinajstić information content (AvgIpc) is 2.45. The van der Waals surface area contributed by atoms with Crippen LogP contribution in [0.2, 0.25) is 0 Å². The lowest BCUT2D eigenvalue weighted by molar-refractivity contribution is -0.143. The van der Waals surface area contributed by atoms with E-state index < -0.39 is 24.2 Å². The molecule has 0 spiro atoms. The molecule has 1 amide bonds. The van der Waals surface area contributed by atoms with Crippen molar-refractivity contribution >= 4 is 12.1 Å². The first-order valence-electron chi connectivity index (χ1n) is 6.25. The van der Waals surface area contributed by atoms with Gasteiger partial charge in [-0.25, -0.2) is 4.79 Å². The van der Waals surface area contributed by atoms with Crippen LogP contribution in [-0.2, 0) is 20.9 Å². The first-order chi connectivity index (χ1) is 9.52. The lowest BCUT2D eigenvalue weighted by Crippen LogP contribution is -2.42. The van der Waals surface area contributed by atoms with Gasteiger partial charge in [-0.05, 0) is 12.5 Å². The van der Waals surface area contributed by atoms with Gasteiger partial charge in [0.15, 0.2) is 0 Å². The Morgan fingerprint density at radius 2 is 1.95 bits per heavy atom. The number of carbonyl (C=O) groups excluding carboxylic acids is 2. The average molecular weight is 281 g/mol. The molecule has 1 rings (SSSR count). The van der Waals surface area contributed by atoms with Crippen molar-refractivity contribution in [2.75, 3.05) is 7.11 Å². The van der Waals surface area contributed by atoms with Crippen LogP contribution in [0, 0.1) is 0 Å². The highest BCUT2D eigenvalue weighted by atomic mass is 16.5. The molecule has 0 heterocycles. The largest absolute Gasteiger partial charge is 0.469 e. The van der Waals surface area contributed by atoms with Gasteiger partial charge in [0.2, 0.25) is 0 Å². The van der Waals surface area contributed by atoms with Crippen molar-refractivity contribution in [2.45, 2.75) is 32.1 Å². The first-order valence-corrected chi connectivity index (χ1v) is 6.25. The number of alkyl carbamates (subject to hydrolysis) is 1. The number of benzene rings is 1. The molecule has 2 atom stereocenters. The van der Waals surface area contributed by atoms with Crippen molar-refractivity contribution in [2.24, 2.45) is 0 Å². The number of aliphatic hydroxyl groups excluding tert-OH is 1. The Bertz CT molecular complexity index is 434. The second-order valence-electron chi connectivity index (χ2n) is 4.34. The summed E-state index contributed by atoms with van der Waals surface area (Å²) in [4.78, 5) is 22.5. The van der Waals surface area contributed by atoms with Crippen molar-refractivity contribution in [3.63, 3.8) is 0 Å². The number of nitrogens with one attached hydrogen (secondary N) is 1. The summed E-state index contributed by atoms with van der Waals surface area (Å²) in [6.45, 7) is 1.73. The van der Waals surface area contributed by atoms with Gasteiger partial charge < -0.3 is 19.9 Å². The molecule has 0 bridgehead atoms. The van der Waals surface area contributed by atoms with Gasteiger partial charge in [-0.15, -0.1) is 0 Å². The Labute approximate surface area is 117 Å². The van der Waals surface area contributed by atoms with Gasteiger partial charge in [0.05, 0.1) is 25.7 Å². The number of rotatable bonds is 6. The number of ether oxygens (including phenoxy) is 2. The van der Waals surface area contributed by atoms with Crippen LogP contribution in [0.1, 0.15) is 18.9 Å². The van der Waals surface area contributed by atoms with Gasteiger partial charge in [0, 0.05) is 0 Å². The van der Waals surface area contributed by atoms with Gasteiger partial charge in [-0.3, -0.25) is 4.79 Å². The van der Waals surface area contributed by atoms with Gasteiger partial charge in [-0.1, -0.05) is 30.3 Å². The molecule has 110 valence electrons. The molecular weight excluding hydrogens is 262 g/mol. The highest BCUT2D eigenvalue weighted by Crippen LogP contribution is 2.03. The summed E-state index contributed by atoms with van der Waals surface area (Å²) in [7, 11) is 1.24. The van der Waals surface area contributed by atoms with E-state index >= 15 is 0 Å². The maximum Gasteiger partial charge on any atom is 0.407 e. The molecule has 1 aromatic rings. The minimum atomic E-state index is -1.02. The molecule has 0 aliphatic heterocycles. The summed E-state index contributed by atoms with van der Waals surface area (Å²) in [6, 6.07) is 8.62. The molecule has 0 unspecified atom stereocenters. The Morgan fingerprint density at radius 3 is 2.55 bits per heavy atom. The lowest BCUT2D eigenvalue weighted by atomic mass is 10.1. The molecule has 0 aliphatic carbocycles. The fourth-order valence-corrected chi connectivity index (χ4v) is 1.48. The third kappa shape index (κ3) is 5.71. The zero-order valence-electron chi connectivity index (χ0n) is 11.5. The molecule has 6 nitrogen and oxygen atoms in total. The van der Waals surface area contributed by atoms with Crippen molar-refractivity contribution in [1.82, 2.24) is 5.32 Å². The number of hydrogen-bond acceptors (Lipinski definition) is 5. The predicted octanol–water partition coefficient (Wildman–Crippen LogP) is 1.23. The quantitative estimate of drug-likeness (QED) is 0.766. The van der Waals surface area contributed by atoms with Crippen LogP contribution in [0.5, 0.6) is 0 Å². The van der Waals surface area contributed by atoms with Crippen molar-refractivity contribution in [1.29, 1.82) is 0 Å². The van der Waals surface area contributed by atoms with Crippen LogP contribution in [0.15, 0.2) is 30.3 Å². The molecule has 1 aromatic carbocycles. The molecule has 20 heavy (non-hydrogen) atoms. The standard InChI is InChI=1S/C14H19NO5/c1-10(12(16)8-13(17)19-2)15-14(18)20-9-11-6-4-3-5-7-11/h3-7,10,12,16H,8-9H2,1-2H3,(H,15,18)/t10-,12+/m1/s1. The van der Waals surface area contributed by atoms with Gasteiger partial charge >= 0.3 is 12.1 Å². The summed E-state index contributed by atoms with van der Waals surface area (Å²) in [5, 5.41) is 12.1. The zero-order valence-corrected chi connectivity index (χ0v) is 11.5. The second kappa shape index (κ2) is 8.16. The van der Waals surface area contributed by atoms with Crippen LogP contribution in [0.3, 0.4) is 0 Å². The van der Waals surface area contributed by atoms with Crippen LogP contribution >= 0.6 is 0 Å². The van der Waals surface area contributed by atoms with Crippen molar-refractivity contribution in [3.05, 3.63) is 35.9 Å². The van der Waals surface area contributed by atoms with Crippen LogP contribution in [0.25, 0.3) is 0 Å². The molecule has 0 fully saturated rings. The number of aliphatic hydroxyl groups is 1. The number of carbonyl (C=O) groups is 2. The van der Waals surface area contributed by atoms with Gasteiger partial charge in [-0.2, -0.15) is 0 Å². The van der Waals surface area contributed by atoms with Gasteiger partial charge in [0.25, 0.3) is 0 Å². The maximum atomic E-state index is 11.5. The SMILES string of the molecule is COC(=O)C[C@H](O)[C@@H](C)NC(=O)OCc1ccccc1. The minimum absolute atomic E-state index is 0.145. The number of methoxy groups -OCH3 is 1. The van der Waals surface area contributed by atoms with Gasteiger partial charge in [0.1, 0.15) is 6.61 Å². The lowest BCUT2D eigenvalue weighted by Gasteiger charge is -2.19. The third-order valence-electron chi connectivity index (χ3n) is 2.74. The predicted molar refractivity (Wildman–Crippen MR) is 71.9 cm³/mol. The molecular formula is C14H19NO5. The van der Waals surface area contributed by atoms with E-state index in [0.717, 1.165) is 5.56 Å². The maximum absolute atomic E-state index is 11.5. The van der Waals surface area contributed by atoms with E-state index in [4.69, 9.17) is 4.74 Å². The number of hydrogen-bond donors (Lipinski definition) is 2. The monoisotopic (exact) mass is 281 g/mol. The normalized spacial score (nSPS) is 13.2. The van der Waals surface area contributed by atoms with Crippen LogP contribution < -0.4 is 5.32 Å². The Balaban J connectivity index is 2.32.